The molecule has 0 radical (unpaired) electrons. The van der Waals surface area contributed by atoms with Crippen molar-refractivity contribution in [2.24, 2.45) is 0 Å². The Labute approximate surface area is 139 Å². The number of hydrogen-bond donors (Lipinski definition) is 0. The van der Waals surface area contributed by atoms with Crippen molar-refractivity contribution in [2.45, 2.75) is 33.4 Å². The molecule has 1 aromatic rings. The molecule has 2 rings (SSSR count). The van der Waals surface area contributed by atoms with Gasteiger partial charge >= 0.3 is 0 Å². The van der Waals surface area contributed by atoms with Crippen LogP contribution in [-0.4, -0.2) is 55.7 Å². The fraction of sp³-hybridized carbons (Fsp3) is 0.611. The molecule has 5 nitrogen and oxygen atoms in total. The van der Waals surface area contributed by atoms with Crippen LogP contribution in [0.4, 0.5) is 0 Å². The number of ether oxygens (including phenoxy) is 2. The first-order valence-corrected chi connectivity index (χ1v) is 8.41. The number of benzene rings is 1. The van der Waals surface area contributed by atoms with Crippen molar-refractivity contribution < 1.29 is 14.3 Å². The van der Waals surface area contributed by atoms with Crippen molar-refractivity contribution in [3.63, 3.8) is 0 Å². The van der Waals surface area contributed by atoms with Gasteiger partial charge in [0.05, 0.1) is 19.6 Å². The molecule has 1 aliphatic heterocycles. The highest BCUT2D eigenvalue weighted by molar-refractivity contribution is 5.76. The molecule has 1 heterocycles. The maximum absolute atomic E-state index is 12.3. The van der Waals surface area contributed by atoms with Gasteiger partial charge in [0.1, 0.15) is 12.4 Å². The third kappa shape index (κ3) is 4.94. The molecule has 1 amide bonds. The second-order valence-corrected chi connectivity index (χ2v) is 5.81. The number of methoxy groups -OCH3 is 1. The van der Waals surface area contributed by atoms with Crippen LogP contribution in [0.25, 0.3) is 0 Å². The number of carbonyl (C=O) groups excluding carboxylic acids is 1. The Kier molecular flexibility index (Phi) is 6.86. The Morgan fingerprint density at radius 3 is 2.83 bits per heavy atom. The highest BCUT2D eigenvalue weighted by atomic mass is 16.5. The minimum Gasteiger partial charge on any atom is -0.491 e. The molecular weight excluding hydrogens is 292 g/mol. The summed E-state index contributed by atoms with van der Waals surface area (Å²) in [5.74, 6) is 1.02. The van der Waals surface area contributed by atoms with Crippen LogP contribution in [0.3, 0.4) is 0 Å². The highest BCUT2D eigenvalue weighted by Crippen LogP contribution is 2.25. The summed E-state index contributed by atoms with van der Waals surface area (Å²) in [7, 11) is 1.62. The number of hydrogen-bond acceptors (Lipinski definition) is 4. The molecule has 5 heteroatoms. The van der Waals surface area contributed by atoms with Crippen molar-refractivity contribution >= 4 is 5.91 Å². The van der Waals surface area contributed by atoms with E-state index in [-0.39, 0.29) is 5.91 Å². The summed E-state index contributed by atoms with van der Waals surface area (Å²) in [4.78, 5) is 16.5. The maximum Gasteiger partial charge on any atom is 0.225 e. The van der Waals surface area contributed by atoms with E-state index >= 15 is 0 Å². The molecule has 0 saturated heterocycles. The third-order valence-electron chi connectivity index (χ3n) is 4.28. The van der Waals surface area contributed by atoms with Crippen LogP contribution in [0.1, 0.15) is 31.4 Å². The van der Waals surface area contributed by atoms with Gasteiger partial charge in [0.25, 0.3) is 0 Å². The van der Waals surface area contributed by atoms with Crippen molar-refractivity contribution in [3.05, 3.63) is 29.3 Å². The summed E-state index contributed by atoms with van der Waals surface area (Å²) >= 11 is 0. The Hall–Kier alpha value is -1.59. The number of carbonyl (C=O) groups is 1. The molecule has 1 aromatic carbocycles. The molecule has 0 fully saturated rings. The lowest BCUT2D eigenvalue weighted by molar-refractivity contribution is -0.132. The number of fused-ring (bicyclic) bond motifs is 1. The molecule has 0 unspecified atom stereocenters. The monoisotopic (exact) mass is 320 g/mol. The Morgan fingerprint density at radius 1 is 1.35 bits per heavy atom. The fourth-order valence-corrected chi connectivity index (χ4v) is 2.81. The largest absolute Gasteiger partial charge is 0.491 e. The van der Waals surface area contributed by atoms with E-state index < -0.39 is 0 Å². The summed E-state index contributed by atoms with van der Waals surface area (Å²) in [5, 5.41) is 0. The van der Waals surface area contributed by atoms with Crippen LogP contribution in [0.2, 0.25) is 0 Å². The summed E-state index contributed by atoms with van der Waals surface area (Å²) in [6.07, 6.45) is 0.422. The van der Waals surface area contributed by atoms with E-state index in [1.807, 2.05) is 11.0 Å². The molecule has 0 bridgehead atoms. The van der Waals surface area contributed by atoms with Gasteiger partial charge in [0.15, 0.2) is 0 Å². The normalized spacial score (nSPS) is 14.3. The van der Waals surface area contributed by atoms with Crippen LogP contribution in [0.5, 0.6) is 5.75 Å². The predicted molar refractivity (Wildman–Crippen MR) is 90.5 cm³/mol. The predicted octanol–water partition coefficient (Wildman–Crippen LogP) is 2.29. The van der Waals surface area contributed by atoms with E-state index in [9.17, 15) is 4.79 Å². The van der Waals surface area contributed by atoms with Crippen molar-refractivity contribution in [2.75, 3.05) is 40.0 Å². The minimum absolute atomic E-state index is 0.123. The summed E-state index contributed by atoms with van der Waals surface area (Å²) in [6, 6.07) is 6.34. The van der Waals surface area contributed by atoms with E-state index in [4.69, 9.17) is 9.47 Å². The zero-order valence-corrected chi connectivity index (χ0v) is 14.5. The maximum atomic E-state index is 12.3. The smallest absolute Gasteiger partial charge is 0.225 e. The van der Waals surface area contributed by atoms with Crippen LogP contribution in [-0.2, 0) is 22.6 Å². The van der Waals surface area contributed by atoms with Crippen LogP contribution >= 0.6 is 0 Å². The molecule has 128 valence electrons. The molecular formula is C18H28N2O3. The summed E-state index contributed by atoms with van der Waals surface area (Å²) < 4.78 is 10.8. The van der Waals surface area contributed by atoms with Crippen LogP contribution in [0, 0.1) is 0 Å². The SMILES string of the molecule is CCN(CC)Cc1ccc2c(c1)CN(C(=O)CCOC)CCO2. The second-order valence-electron chi connectivity index (χ2n) is 5.81. The van der Waals surface area contributed by atoms with Crippen molar-refractivity contribution in [3.8, 4) is 5.75 Å². The molecule has 0 saturated carbocycles. The van der Waals surface area contributed by atoms with E-state index in [0.717, 1.165) is 30.9 Å². The minimum atomic E-state index is 0.123. The van der Waals surface area contributed by atoms with Gasteiger partial charge in [-0.25, -0.2) is 0 Å². The molecule has 0 atom stereocenters. The van der Waals surface area contributed by atoms with E-state index in [2.05, 4.69) is 30.9 Å². The zero-order chi connectivity index (χ0) is 16.7. The lowest BCUT2D eigenvalue weighted by Gasteiger charge is -2.21. The van der Waals surface area contributed by atoms with E-state index in [1.54, 1.807) is 7.11 Å². The topological polar surface area (TPSA) is 42.0 Å². The average Bonchev–Trinajstić information content (AvgIpc) is 2.79. The lowest BCUT2D eigenvalue weighted by atomic mass is 10.1. The lowest BCUT2D eigenvalue weighted by Crippen LogP contribution is -2.33. The average molecular weight is 320 g/mol. The van der Waals surface area contributed by atoms with Gasteiger partial charge < -0.3 is 14.4 Å². The van der Waals surface area contributed by atoms with Gasteiger partial charge in [-0.2, -0.15) is 0 Å². The second kappa shape index (κ2) is 8.89. The summed E-state index contributed by atoms with van der Waals surface area (Å²) in [5.41, 5.74) is 2.36. The van der Waals surface area contributed by atoms with Crippen LogP contribution in [0.15, 0.2) is 18.2 Å². The van der Waals surface area contributed by atoms with Gasteiger partial charge in [-0.3, -0.25) is 9.69 Å². The third-order valence-corrected chi connectivity index (χ3v) is 4.28. The number of rotatable bonds is 7. The first kappa shape index (κ1) is 17.8. The number of amides is 1. The van der Waals surface area contributed by atoms with Crippen molar-refractivity contribution in [1.29, 1.82) is 0 Å². The van der Waals surface area contributed by atoms with Gasteiger partial charge in [-0.1, -0.05) is 19.9 Å². The van der Waals surface area contributed by atoms with E-state index in [1.165, 1.54) is 5.56 Å². The van der Waals surface area contributed by atoms with E-state index in [0.29, 0.717) is 32.7 Å². The van der Waals surface area contributed by atoms with Gasteiger partial charge in [0.2, 0.25) is 5.91 Å². The summed E-state index contributed by atoms with van der Waals surface area (Å²) in [6.45, 7) is 9.59. The Morgan fingerprint density at radius 2 is 2.13 bits per heavy atom. The first-order chi connectivity index (χ1) is 11.2. The molecule has 0 spiro atoms. The number of nitrogens with zero attached hydrogens (tertiary/aromatic N) is 2. The highest BCUT2D eigenvalue weighted by Gasteiger charge is 2.20. The standard InChI is InChI=1S/C18H28N2O3/c1-4-19(5-2)13-15-6-7-17-16(12-15)14-20(9-11-23-17)18(21)8-10-22-3/h6-7,12H,4-5,8-11,13-14H2,1-3H3. The molecule has 0 N–H and O–H groups in total. The molecule has 23 heavy (non-hydrogen) atoms. The fourth-order valence-electron chi connectivity index (χ4n) is 2.81. The Bertz CT molecular complexity index is 515. The van der Waals surface area contributed by atoms with Crippen LogP contribution < -0.4 is 4.74 Å². The molecule has 0 aliphatic carbocycles. The quantitative estimate of drug-likeness (QED) is 0.773. The van der Waals surface area contributed by atoms with Gasteiger partial charge in [-0.05, 0) is 30.8 Å². The van der Waals surface area contributed by atoms with Gasteiger partial charge in [-0.15, -0.1) is 0 Å². The van der Waals surface area contributed by atoms with Gasteiger partial charge in [0, 0.05) is 25.8 Å². The first-order valence-electron chi connectivity index (χ1n) is 8.41. The molecule has 1 aliphatic rings. The molecule has 0 aromatic heterocycles. The Balaban J connectivity index is 2.10. The zero-order valence-electron chi connectivity index (χ0n) is 14.5. The van der Waals surface area contributed by atoms with Crippen molar-refractivity contribution in [1.82, 2.24) is 9.80 Å².